The van der Waals surface area contributed by atoms with Gasteiger partial charge in [-0.05, 0) is 18.6 Å². The number of carbonyl (C=O) groups is 1. The molecule has 0 fully saturated rings. The molecule has 0 saturated heterocycles. The minimum absolute atomic E-state index is 0.0338. The van der Waals surface area contributed by atoms with Gasteiger partial charge in [0.1, 0.15) is 11.8 Å². The highest BCUT2D eigenvalue weighted by molar-refractivity contribution is 6.02. The molecule has 1 amide bonds. The van der Waals surface area contributed by atoms with Crippen LogP contribution in [0.1, 0.15) is 13.3 Å². The molecule has 0 aliphatic carbocycles. The van der Waals surface area contributed by atoms with Crippen LogP contribution in [0.15, 0.2) is 34.9 Å². The quantitative estimate of drug-likeness (QED) is 0.901. The molecule has 2 N–H and O–H groups in total. The average molecular weight is 246 g/mol. The van der Waals surface area contributed by atoms with E-state index in [-0.39, 0.29) is 11.8 Å². The summed E-state index contributed by atoms with van der Waals surface area (Å²) in [5.41, 5.74) is 7.20. The Bertz CT molecular complexity index is 543. The number of hydrogen-bond acceptors (Lipinski definition) is 3. The summed E-state index contributed by atoms with van der Waals surface area (Å²) >= 11 is 0. The SMILES string of the molecule is CCC(CN)C(=O)N(C)c1coc2ccccc12. The van der Waals surface area contributed by atoms with Gasteiger partial charge in [-0.15, -0.1) is 0 Å². The largest absolute Gasteiger partial charge is 0.462 e. The first-order valence-electron chi connectivity index (χ1n) is 6.12. The second-order valence-corrected chi connectivity index (χ2v) is 4.36. The predicted octanol–water partition coefficient (Wildman–Crippen LogP) is 2.38. The molecule has 2 rings (SSSR count). The normalized spacial score (nSPS) is 12.6. The first-order valence-corrected chi connectivity index (χ1v) is 6.12. The second-order valence-electron chi connectivity index (χ2n) is 4.36. The van der Waals surface area contributed by atoms with Crippen molar-refractivity contribution in [3.63, 3.8) is 0 Å². The van der Waals surface area contributed by atoms with E-state index in [0.717, 1.165) is 23.1 Å². The fourth-order valence-electron chi connectivity index (χ4n) is 2.06. The van der Waals surface area contributed by atoms with E-state index >= 15 is 0 Å². The molecule has 0 aliphatic rings. The number of rotatable bonds is 4. The lowest BCUT2D eigenvalue weighted by Gasteiger charge is -2.21. The number of nitrogens with zero attached hydrogens (tertiary/aromatic N) is 1. The van der Waals surface area contributed by atoms with Crippen LogP contribution in [0.4, 0.5) is 5.69 Å². The van der Waals surface area contributed by atoms with Gasteiger partial charge in [0.05, 0.1) is 11.6 Å². The predicted molar refractivity (Wildman–Crippen MR) is 72.5 cm³/mol. The van der Waals surface area contributed by atoms with Crippen LogP contribution in [-0.4, -0.2) is 19.5 Å². The van der Waals surface area contributed by atoms with Crippen LogP contribution in [0.2, 0.25) is 0 Å². The van der Waals surface area contributed by atoms with Gasteiger partial charge in [-0.2, -0.15) is 0 Å². The van der Waals surface area contributed by atoms with Crippen molar-refractivity contribution in [1.82, 2.24) is 0 Å². The number of nitrogens with two attached hydrogens (primary N) is 1. The smallest absolute Gasteiger partial charge is 0.231 e. The summed E-state index contributed by atoms with van der Waals surface area (Å²) in [4.78, 5) is 13.9. The summed E-state index contributed by atoms with van der Waals surface area (Å²) in [5.74, 6) is -0.102. The maximum absolute atomic E-state index is 12.3. The lowest BCUT2D eigenvalue weighted by atomic mass is 10.1. The Morgan fingerprint density at radius 1 is 1.44 bits per heavy atom. The van der Waals surface area contributed by atoms with E-state index < -0.39 is 0 Å². The van der Waals surface area contributed by atoms with Crippen molar-refractivity contribution in [1.29, 1.82) is 0 Å². The van der Waals surface area contributed by atoms with E-state index in [1.54, 1.807) is 18.2 Å². The number of anilines is 1. The topological polar surface area (TPSA) is 59.5 Å². The monoisotopic (exact) mass is 246 g/mol. The Morgan fingerprint density at radius 2 is 2.17 bits per heavy atom. The number of carbonyl (C=O) groups excluding carboxylic acids is 1. The summed E-state index contributed by atoms with van der Waals surface area (Å²) in [5, 5.41) is 0.945. The highest BCUT2D eigenvalue weighted by atomic mass is 16.3. The number of amides is 1. The first kappa shape index (κ1) is 12.6. The molecule has 1 aromatic heterocycles. The summed E-state index contributed by atoms with van der Waals surface area (Å²) in [6.45, 7) is 2.34. The minimum Gasteiger partial charge on any atom is -0.462 e. The van der Waals surface area contributed by atoms with E-state index in [4.69, 9.17) is 10.2 Å². The third kappa shape index (κ3) is 2.11. The highest BCUT2D eigenvalue weighted by Crippen LogP contribution is 2.29. The van der Waals surface area contributed by atoms with Gasteiger partial charge in [-0.25, -0.2) is 0 Å². The molecule has 2 aromatic rings. The first-order chi connectivity index (χ1) is 8.69. The van der Waals surface area contributed by atoms with Crippen molar-refractivity contribution in [3.05, 3.63) is 30.5 Å². The lowest BCUT2D eigenvalue weighted by molar-refractivity contribution is -0.121. The number of hydrogen-bond donors (Lipinski definition) is 1. The minimum atomic E-state index is -0.135. The van der Waals surface area contributed by atoms with Crippen molar-refractivity contribution < 1.29 is 9.21 Å². The molecule has 96 valence electrons. The zero-order valence-corrected chi connectivity index (χ0v) is 10.7. The Hall–Kier alpha value is -1.81. The number of furan rings is 1. The molecule has 0 saturated carbocycles. The summed E-state index contributed by atoms with van der Waals surface area (Å²) in [7, 11) is 1.76. The number of fused-ring (bicyclic) bond motifs is 1. The van der Waals surface area contributed by atoms with Crippen LogP contribution in [0, 0.1) is 5.92 Å². The third-order valence-electron chi connectivity index (χ3n) is 3.28. The van der Waals surface area contributed by atoms with Crippen LogP contribution in [0.3, 0.4) is 0 Å². The standard InChI is InChI=1S/C14H18N2O2/c1-3-10(8-15)14(17)16(2)12-9-18-13-7-5-4-6-11(12)13/h4-7,9-10H,3,8,15H2,1-2H3. The maximum Gasteiger partial charge on any atom is 0.231 e. The van der Waals surface area contributed by atoms with E-state index in [2.05, 4.69) is 0 Å². The van der Waals surface area contributed by atoms with Crippen molar-refractivity contribution in [2.75, 3.05) is 18.5 Å². The van der Waals surface area contributed by atoms with Gasteiger partial charge < -0.3 is 15.1 Å². The zero-order valence-electron chi connectivity index (χ0n) is 10.7. The lowest BCUT2D eigenvalue weighted by Crippen LogP contribution is -2.36. The molecule has 4 heteroatoms. The Labute approximate surface area is 106 Å². The summed E-state index contributed by atoms with van der Waals surface area (Å²) in [6.07, 6.45) is 2.36. The molecule has 0 spiro atoms. The van der Waals surface area contributed by atoms with E-state index in [1.807, 2.05) is 31.2 Å². The van der Waals surface area contributed by atoms with E-state index in [1.165, 1.54) is 0 Å². The van der Waals surface area contributed by atoms with Gasteiger partial charge >= 0.3 is 0 Å². The van der Waals surface area contributed by atoms with Crippen LogP contribution in [-0.2, 0) is 4.79 Å². The third-order valence-corrected chi connectivity index (χ3v) is 3.28. The number of benzene rings is 1. The van der Waals surface area contributed by atoms with Gasteiger partial charge in [0.2, 0.25) is 5.91 Å². The van der Waals surface area contributed by atoms with Crippen molar-refractivity contribution in [2.24, 2.45) is 11.7 Å². The van der Waals surface area contributed by atoms with Crippen molar-refractivity contribution >= 4 is 22.6 Å². The average Bonchev–Trinajstić information content (AvgIpc) is 2.83. The molecule has 18 heavy (non-hydrogen) atoms. The second kappa shape index (κ2) is 5.23. The van der Waals surface area contributed by atoms with Gasteiger partial charge in [0.25, 0.3) is 0 Å². The molecule has 4 nitrogen and oxygen atoms in total. The van der Waals surface area contributed by atoms with Crippen molar-refractivity contribution in [2.45, 2.75) is 13.3 Å². The van der Waals surface area contributed by atoms with Gasteiger partial charge in [0, 0.05) is 19.0 Å². The van der Waals surface area contributed by atoms with Gasteiger partial charge in [-0.3, -0.25) is 4.79 Å². The van der Waals surface area contributed by atoms with Crippen molar-refractivity contribution in [3.8, 4) is 0 Å². The van der Waals surface area contributed by atoms with Crippen LogP contribution < -0.4 is 10.6 Å². The summed E-state index contributed by atoms with van der Waals surface area (Å²) < 4.78 is 5.44. The molecule has 1 atom stereocenters. The number of para-hydroxylation sites is 1. The molecular formula is C14H18N2O2. The van der Waals surface area contributed by atoms with E-state index in [9.17, 15) is 4.79 Å². The molecule has 1 heterocycles. The maximum atomic E-state index is 12.3. The molecule has 0 radical (unpaired) electrons. The molecule has 1 unspecified atom stereocenters. The van der Waals surface area contributed by atoms with E-state index in [0.29, 0.717) is 6.54 Å². The fourth-order valence-corrected chi connectivity index (χ4v) is 2.06. The van der Waals surface area contributed by atoms with Crippen LogP contribution >= 0.6 is 0 Å². The Balaban J connectivity index is 2.33. The zero-order chi connectivity index (χ0) is 13.1. The van der Waals surface area contributed by atoms with Gasteiger partial charge in [-0.1, -0.05) is 19.1 Å². The molecular weight excluding hydrogens is 228 g/mol. The molecule has 0 bridgehead atoms. The Morgan fingerprint density at radius 3 is 2.83 bits per heavy atom. The summed E-state index contributed by atoms with van der Waals surface area (Å²) in [6, 6.07) is 7.67. The highest BCUT2D eigenvalue weighted by Gasteiger charge is 2.22. The molecule has 0 aliphatic heterocycles. The van der Waals surface area contributed by atoms with Gasteiger partial charge in [0.15, 0.2) is 0 Å². The van der Waals surface area contributed by atoms with Crippen LogP contribution in [0.25, 0.3) is 11.0 Å². The van der Waals surface area contributed by atoms with Crippen LogP contribution in [0.5, 0.6) is 0 Å². The molecule has 1 aromatic carbocycles. The Kier molecular flexibility index (Phi) is 3.67. The fraction of sp³-hybridized carbons (Fsp3) is 0.357.